The second kappa shape index (κ2) is 14.1. The van der Waals surface area contributed by atoms with Crippen LogP contribution in [0.25, 0.3) is 16.6 Å². The molecule has 2 N–H and O–H groups in total. The van der Waals surface area contributed by atoms with E-state index in [0.29, 0.717) is 47.3 Å². The summed E-state index contributed by atoms with van der Waals surface area (Å²) in [6.45, 7) is 3.31. The Kier molecular flexibility index (Phi) is 9.05. The Bertz CT molecular complexity index is 2320. The van der Waals surface area contributed by atoms with E-state index in [1.807, 2.05) is 21.5 Å². The molecular weight excluding hydrogens is 729 g/mol. The topological polar surface area (TPSA) is 142 Å². The van der Waals surface area contributed by atoms with Crippen LogP contribution in [0.2, 0.25) is 0 Å². The molecule has 2 unspecified atom stereocenters. The number of hydrogen-bond donors (Lipinski definition) is 2. The molecule has 2 bridgehead atoms. The van der Waals surface area contributed by atoms with E-state index in [1.165, 1.54) is 26.0 Å². The van der Waals surface area contributed by atoms with Gasteiger partial charge in [0, 0.05) is 80.3 Å². The highest BCUT2D eigenvalue weighted by molar-refractivity contribution is 6.06. The van der Waals surface area contributed by atoms with Gasteiger partial charge in [-0.15, -0.1) is 0 Å². The molecule has 17 heteroatoms. The van der Waals surface area contributed by atoms with Crippen LogP contribution < -0.4 is 25.2 Å². The maximum absolute atomic E-state index is 13.2. The Morgan fingerprint density at radius 2 is 1.77 bits per heavy atom. The summed E-state index contributed by atoms with van der Waals surface area (Å²) in [7, 11) is 1.46. The van der Waals surface area contributed by atoms with Gasteiger partial charge in [-0.05, 0) is 68.7 Å². The average Bonchev–Trinajstić information content (AvgIpc) is 3.86. The van der Waals surface area contributed by atoms with Crippen LogP contribution in [0.15, 0.2) is 61.1 Å². The van der Waals surface area contributed by atoms with Gasteiger partial charge in [0.25, 0.3) is 5.91 Å². The van der Waals surface area contributed by atoms with Crippen molar-refractivity contribution in [1.29, 1.82) is 0 Å². The highest BCUT2D eigenvalue weighted by atomic mass is 19.4. The third kappa shape index (κ3) is 6.77. The monoisotopic (exact) mass is 770 g/mol. The van der Waals surface area contributed by atoms with Crippen molar-refractivity contribution < 1.29 is 32.3 Å². The summed E-state index contributed by atoms with van der Waals surface area (Å²) in [6, 6.07) is 11.6. The summed E-state index contributed by atoms with van der Waals surface area (Å²) in [5.74, 6) is 0.550. The number of hydrogen-bond acceptors (Lipinski definition) is 9. The fourth-order valence-electron chi connectivity index (χ4n) is 8.96. The molecule has 1 aromatic carbocycles. The lowest BCUT2D eigenvalue weighted by Crippen LogP contribution is -2.55. The van der Waals surface area contributed by atoms with Crippen LogP contribution in [0, 0.1) is 5.92 Å². The number of ether oxygens (including phenoxy) is 1. The molecule has 3 aliphatic heterocycles. The number of imide groups is 1. The summed E-state index contributed by atoms with van der Waals surface area (Å²) in [5.41, 5.74) is 1.42. The van der Waals surface area contributed by atoms with Crippen LogP contribution in [0.4, 0.5) is 35.2 Å². The zero-order chi connectivity index (χ0) is 38.7. The molecule has 292 valence electrons. The van der Waals surface area contributed by atoms with Gasteiger partial charge in [0.05, 0.1) is 30.6 Å². The van der Waals surface area contributed by atoms with Crippen LogP contribution in [-0.4, -0.2) is 92.3 Å². The SMILES string of the molecule is COc1cc2nn(C3CCC(CN4C5CCC4CN(c4ccn6c(N7CCC(=O)NC7=O)cnc6c4)C5)CC3)cc2cc1NC(=O)c1cccc(C(F)(F)F)n1. The zero-order valence-corrected chi connectivity index (χ0v) is 30.7. The van der Waals surface area contributed by atoms with Crippen molar-refractivity contribution in [3.8, 4) is 5.75 Å². The van der Waals surface area contributed by atoms with Gasteiger partial charge in [-0.3, -0.25) is 33.8 Å². The largest absolute Gasteiger partial charge is 0.494 e. The van der Waals surface area contributed by atoms with E-state index in [1.54, 1.807) is 23.2 Å². The molecule has 5 aromatic rings. The Labute approximate surface area is 319 Å². The molecule has 2 atom stereocenters. The molecule has 4 amide bonds. The number of pyridine rings is 2. The summed E-state index contributed by atoms with van der Waals surface area (Å²) in [4.78, 5) is 51.8. The number of nitrogens with zero attached hydrogens (tertiary/aromatic N) is 8. The second-order valence-corrected chi connectivity index (χ2v) is 15.2. The second-order valence-electron chi connectivity index (χ2n) is 15.2. The first-order valence-corrected chi connectivity index (χ1v) is 19.0. The van der Waals surface area contributed by atoms with Crippen molar-refractivity contribution in [2.75, 3.05) is 48.4 Å². The minimum absolute atomic E-state index is 0.232. The Balaban J connectivity index is 0.812. The van der Waals surface area contributed by atoms with Gasteiger partial charge < -0.3 is 15.0 Å². The highest BCUT2D eigenvalue weighted by Gasteiger charge is 2.41. The number of nitrogens with one attached hydrogen (secondary N) is 2. The quantitative estimate of drug-likeness (QED) is 0.198. The number of rotatable bonds is 8. The Morgan fingerprint density at radius 3 is 2.50 bits per heavy atom. The van der Waals surface area contributed by atoms with Gasteiger partial charge in [-0.25, -0.2) is 14.8 Å². The number of carbonyl (C=O) groups is 3. The van der Waals surface area contributed by atoms with Crippen molar-refractivity contribution in [3.05, 3.63) is 72.4 Å². The number of amides is 4. The molecule has 7 heterocycles. The maximum Gasteiger partial charge on any atom is 0.433 e. The molecule has 4 fully saturated rings. The van der Waals surface area contributed by atoms with Crippen molar-refractivity contribution >= 4 is 51.6 Å². The first-order valence-electron chi connectivity index (χ1n) is 19.0. The van der Waals surface area contributed by atoms with Gasteiger partial charge in [0.15, 0.2) is 0 Å². The fraction of sp³-hybridized carbons (Fsp3) is 0.436. The summed E-state index contributed by atoms with van der Waals surface area (Å²) < 4.78 is 49.0. The smallest absolute Gasteiger partial charge is 0.433 e. The number of benzene rings is 1. The third-order valence-corrected chi connectivity index (χ3v) is 11.8. The number of fused-ring (bicyclic) bond motifs is 4. The average molecular weight is 771 g/mol. The highest BCUT2D eigenvalue weighted by Crippen LogP contribution is 2.39. The maximum atomic E-state index is 13.2. The van der Waals surface area contributed by atoms with E-state index in [4.69, 9.17) is 9.84 Å². The number of halogens is 3. The Hall–Kier alpha value is -5.71. The summed E-state index contributed by atoms with van der Waals surface area (Å²) in [5, 5.41) is 10.7. The molecule has 0 spiro atoms. The predicted octanol–water partition coefficient (Wildman–Crippen LogP) is 5.89. The van der Waals surface area contributed by atoms with Crippen molar-refractivity contribution in [2.24, 2.45) is 5.92 Å². The van der Waals surface area contributed by atoms with Crippen LogP contribution >= 0.6 is 0 Å². The standard InChI is InChI=1S/C39H41F3N10O4/c1-56-32-17-30-24(15-31(32)45-37(54)29-3-2-4-33(44-29)39(40,41)42)20-52(47-30)25-7-5-23(6-8-25)19-51-27-9-10-28(51)22-48(21-27)26-11-13-49-34(16-26)43-18-36(49)50-14-12-35(53)46-38(50)55/h2-4,11,13,15-18,20,23,25,27-28H,5-10,12,14,19,21-22H2,1H3,(H,45,54)(H,46,53,55). The number of urea groups is 1. The first-order chi connectivity index (χ1) is 27.0. The molecule has 56 heavy (non-hydrogen) atoms. The van der Waals surface area contributed by atoms with Crippen molar-refractivity contribution in [3.63, 3.8) is 0 Å². The van der Waals surface area contributed by atoms with Crippen LogP contribution in [0.5, 0.6) is 5.75 Å². The van der Waals surface area contributed by atoms with Gasteiger partial charge >= 0.3 is 12.2 Å². The Morgan fingerprint density at radius 1 is 1.00 bits per heavy atom. The molecule has 9 rings (SSSR count). The molecule has 4 aromatic heterocycles. The summed E-state index contributed by atoms with van der Waals surface area (Å²) >= 11 is 0. The number of anilines is 3. The van der Waals surface area contributed by atoms with Crippen LogP contribution in [0.3, 0.4) is 0 Å². The van der Waals surface area contributed by atoms with E-state index in [-0.39, 0.29) is 24.1 Å². The molecule has 0 radical (unpaired) electrons. The van der Waals surface area contributed by atoms with E-state index >= 15 is 0 Å². The molecular formula is C39H41F3N10O4. The molecule has 4 aliphatic rings. The lowest BCUT2D eigenvalue weighted by atomic mass is 9.85. The first kappa shape index (κ1) is 36.0. The van der Waals surface area contributed by atoms with E-state index in [2.05, 4.69) is 42.5 Å². The zero-order valence-electron chi connectivity index (χ0n) is 30.7. The minimum atomic E-state index is -4.66. The van der Waals surface area contributed by atoms with Crippen LogP contribution in [-0.2, 0) is 11.0 Å². The van der Waals surface area contributed by atoms with Gasteiger partial charge in [-0.2, -0.15) is 18.3 Å². The summed E-state index contributed by atoms with van der Waals surface area (Å²) in [6.07, 6.45) is 7.74. The third-order valence-electron chi connectivity index (χ3n) is 11.8. The number of piperazine rings is 1. The number of methoxy groups -OCH3 is 1. The number of aromatic nitrogens is 5. The van der Waals surface area contributed by atoms with Gasteiger partial charge in [0.1, 0.15) is 28.6 Å². The van der Waals surface area contributed by atoms with Crippen LogP contribution in [0.1, 0.15) is 67.2 Å². The molecule has 1 aliphatic carbocycles. The van der Waals surface area contributed by atoms with Gasteiger partial charge in [0.2, 0.25) is 5.91 Å². The number of carbonyl (C=O) groups excluding carboxylic acids is 3. The van der Waals surface area contributed by atoms with Crippen molar-refractivity contribution in [1.82, 2.24) is 34.4 Å². The van der Waals surface area contributed by atoms with Crippen molar-refractivity contribution in [2.45, 2.75) is 69.2 Å². The number of imidazole rings is 1. The fourth-order valence-corrected chi connectivity index (χ4v) is 8.96. The van der Waals surface area contributed by atoms with Gasteiger partial charge in [-0.1, -0.05) is 6.07 Å². The minimum Gasteiger partial charge on any atom is -0.494 e. The number of alkyl halides is 3. The lowest BCUT2D eigenvalue weighted by Gasteiger charge is -2.44. The van der Waals surface area contributed by atoms with E-state index in [0.717, 1.165) is 74.2 Å². The predicted molar refractivity (Wildman–Crippen MR) is 201 cm³/mol. The van der Waals surface area contributed by atoms with E-state index in [9.17, 15) is 27.6 Å². The molecule has 3 saturated heterocycles. The molecule has 14 nitrogen and oxygen atoms in total. The normalized spacial score (nSPS) is 23.2. The molecule has 1 saturated carbocycles. The van der Waals surface area contributed by atoms with E-state index < -0.39 is 23.8 Å². The lowest BCUT2D eigenvalue weighted by molar-refractivity contribution is -0.141.